The summed E-state index contributed by atoms with van der Waals surface area (Å²) in [6, 6.07) is 16.7. The summed E-state index contributed by atoms with van der Waals surface area (Å²) in [4.78, 5) is 4.56. The number of benzene rings is 2. The molecule has 0 amide bonds. The van der Waals surface area contributed by atoms with E-state index in [1.165, 1.54) is 50.5 Å². The first kappa shape index (κ1) is 21.2. The van der Waals surface area contributed by atoms with Gasteiger partial charge in [0.25, 0.3) is 0 Å². The average Bonchev–Trinajstić information content (AvgIpc) is 2.70. The van der Waals surface area contributed by atoms with Gasteiger partial charge in [0.2, 0.25) is 0 Å². The van der Waals surface area contributed by atoms with Crippen molar-refractivity contribution in [2.45, 2.75) is 71.6 Å². The summed E-state index contributed by atoms with van der Waals surface area (Å²) in [5.74, 6) is 0.946. The van der Waals surface area contributed by atoms with Gasteiger partial charge in [-0.2, -0.15) is 0 Å². The van der Waals surface area contributed by atoms with Crippen LogP contribution in [0.4, 0.5) is 5.69 Å². The number of unbranched alkanes of at least 4 members (excludes halogenated alkanes) is 6. The van der Waals surface area contributed by atoms with E-state index in [1.54, 1.807) is 0 Å². The van der Waals surface area contributed by atoms with Gasteiger partial charge in [0.15, 0.2) is 0 Å². The van der Waals surface area contributed by atoms with E-state index in [4.69, 9.17) is 4.74 Å². The first-order valence-corrected chi connectivity index (χ1v) is 10.7. The highest BCUT2D eigenvalue weighted by Gasteiger charge is 1.96. The van der Waals surface area contributed by atoms with E-state index in [0.29, 0.717) is 0 Å². The van der Waals surface area contributed by atoms with Crippen molar-refractivity contribution in [3.05, 3.63) is 59.7 Å². The van der Waals surface area contributed by atoms with Crippen LogP contribution in [0.5, 0.6) is 5.75 Å². The number of aliphatic imine (C=N–C) groups is 1. The van der Waals surface area contributed by atoms with Crippen LogP contribution in [0.1, 0.15) is 76.3 Å². The Morgan fingerprint density at radius 3 is 2.07 bits per heavy atom. The monoisotopic (exact) mass is 365 g/mol. The molecule has 0 aliphatic rings. The van der Waals surface area contributed by atoms with Crippen molar-refractivity contribution in [1.82, 2.24) is 0 Å². The fraction of sp³-hybridized carbons (Fsp3) is 0.480. The third-order valence-corrected chi connectivity index (χ3v) is 4.73. The summed E-state index contributed by atoms with van der Waals surface area (Å²) >= 11 is 0. The molecule has 0 saturated heterocycles. The molecule has 2 rings (SSSR count). The molecular formula is C25H35NO. The van der Waals surface area contributed by atoms with Crippen molar-refractivity contribution in [3.8, 4) is 5.75 Å². The quantitative estimate of drug-likeness (QED) is 0.266. The van der Waals surface area contributed by atoms with Gasteiger partial charge in [0.1, 0.15) is 5.75 Å². The molecule has 0 fully saturated rings. The second-order valence-electron chi connectivity index (χ2n) is 7.21. The van der Waals surface area contributed by atoms with Crippen molar-refractivity contribution < 1.29 is 4.74 Å². The first-order chi connectivity index (χ1) is 13.3. The number of hydrogen-bond donors (Lipinski definition) is 0. The molecule has 146 valence electrons. The van der Waals surface area contributed by atoms with Gasteiger partial charge in [-0.05, 0) is 60.4 Å². The lowest BCUT2D eigenvalue weighted by molar-refractivity contribution is 0.304. The second kappa shape index (κ2) is 13.1. The van der Waals surface area contributed by atoms with E-state index in [0.717, 1.165) is 36.4 Å². The minimum Gasteiger partial charge on any atom is -0.494 e. The van der Waals surface area contributed by atoms with Crippen LogP contribution in [-0.2, 0) is 6.42 Å². The van der Waals surface area contributed by atoms with E-state index >= 15 is 0 Å². The predicted octanol–water partition coefficient (Wildman–Crippen LogP) is 7.52. The van der Waals surface area contributed by atoms with Crippen molar-refractivity contribution >= 4 is 11.9 Å². The SMILES string of the molecule is CCCCCCCCCOc1ccc(C=Nc2ccc(CCC)cc2)cc1. The van der Waals surface area contributed by atoms with Crippen LogP contribution in [0.25, 0.3) is 0 Å². The Kier molecular flexibility index (Phi) is 10.3. The third-order valence-electron chi connectivity index (χ3n) is 4.73. The number of ether oxygens (including phenoxy) is 1. The van der Waals surface area contributed by atoms with E-state index < -0.39 is 0 Å². The lowest BCUT2D eigenvalue weighted by atomic mass is 10.1. The van der Waals surface area contributed by atoms with Crippen molar-refractivity contribution in [2.75, 3.05) is 6.61 Å². The number of aryl methyl sites for hydroxylation is 1. The lowest BCUT2D eigenvalue weighted by Crippen LogP contribution is -1.97. The maximum atomic E-state index is 5.84. The summed E-state index contributed by atoms with van der Waals surface area (Å²) in [6.07, 6.45) is 13.4. The van der Waals surface area contributed by atoms with Crippen molar-refractivity contribution in [2.24, 2.45) is 4.99 Å². The Balaban J connectivity index is 1.68. The van der Waals surface area contributed by atoms with Crippen LogP contribution in [0.15, 0.2) is 53.5 Å². The Bertz CT molecular complexity index is 643. The van der Waals surface area contributed by atoms with Crippen LogP contribution in [0, 0.1) is 0 Å². The molecule has 0 radical (unpaired) electrons. The van der Waals surface area contributed by atoms with Gasteiger partial charge in [-0.1, -0.05) is 70.9 Å². The minimum atomic E-state index is 0.811. The zero-order chi connectivity index (χ0) is 19.2. The fourth-order valence-electron chi connectivity index (χ4n) is 3.09. The number of rotatable bonds is 13. The van der Waals surface area contributed by atoms with Crippen LogP contribution in [0.3, 0.4) is 0 Å². The lowest BCUT2D eigenvalue weighted by Gasteiger charge is -2.06. The summed E-state index contributed by atoms with van der Waals surface area (Å²) in [5.41, 5.74) is 3.46. The first-order valence-electron chi connectivity index (χ1n) is 10.7. The smallest absolute Gasteiger partial charge is 0.119 e. The predicted molar refractivity (Wildman–Crippen MR) is 118 cm³/mol. The molecule has 0 heterocycles. The molecule has 0 aromatic heterocycles. The zero-order valence-electron chi connectivity index (χ0n) is 17.1. The van der Waals surface area contributed by atoms with E-state index in [9.17, 15) is 0 Å². The molecule has 0 unspecified atom stereocenters. The molecule has 0 spiro atoms. The Labute approximate surface area is 165 Å². The highest BCUT2D eigenvalue weighted by Crippen LogP contribution is 2.16. The molecule has 2 aromatic carbocycles. The van der Waals surface area contributed by atoms with Gasteiger partial charge in [-0.25, -0.2) is 0 Å². The van der Waals surface area contributed by atoms with Crippen LogP contribution < -0.4 is 4.74 Å². The highest BCUT2D eigenvalue weighted by molar-refractivity contribution is 5.82. The summed E-state index contributed by atoms with van der Waals surface area (Å²) < 4.78 is 5.84. The largest absolute Gasteiger partial charge is 0.494 e. The van der Waals surface area contributed by atoms with Crippen LogP contribution in [0.2, 0.25) is 0 Å². The topological polar surface area (TPSA) is 21.6 Å². The Hall–Kier alpha value is -2.09. The molecule has 0 saturated carbocycles. The van der Waals surface area contributed by atoms with Gasteiger partial charge in [0.05, 0.1) is 12.3 Å². The van der Waals surface area contributed by atoms with Gasteiger partial charge in [-0.15, -0.1) is 0 Å². The summed E-state index contributed by atoms with van der Waals surface area (Å²) in [5, 5.41) is 0. The number of hydrogen-bond acceptors (Lipinski definition) is 2. The van der Waals surface area contributed by atoms with Gasteiger partial charge >= 0.3 is 0 Å². The molecule has 2 aromatic rings. The van der Waals surface area contributed by atoms with Gasteiger partial charge < -0.3 is 4.74 Å². The maximum absolute atomic E-state index is 5.84. The standard InChI is InChI=1S/C25H35NO/c1-3-5-6-7-8-9-10-20-27-25-18-14-23(15-19-25)21-26-24-16-12-22(11-4-2)13-17-24/h12-19,21H,3-11,20H2,1-2H3. The maximum Gasteiger partial charge on any atom is 0.119 e. The van der Waals surface area contributed by atoms with Gasteiger partial charge in [-0.3, -0.25) is 4.99 Å². The van der Waals surface area contributed by atoms with E-state index in [-0.39, 0.29) is 0 Å². The molecule has 2 nitrogen and oxygen atoms in total. The Morgan fingerprint density at radius 1 is 0.741 bits per heavy atom. The second-order valence-corrected chi connectivity index (χ2v) is 7.21. The molecular weight excluding hydrogens is 330 g/mol. The van der Waals surface area contributed by atoms with E-state index in [1.807, 2.05) is 18.3 Å². The normalized spacial score (nSPS) is 11.2. The zero-order valence-corrected chi connectivity index (χ0v) is 17.1. The van der Waals surface area contributed by atoms with Crippen LogP contribution >= 0.6 is 0 Å². The number of nitrogens with zero attached hydrogens (tertiary/aromatic N) is 1. The summed E-state index contributed by atoms with van der Waals surface area (Å²) in [7, 11) is 0. The Morgan fingerprint density at radius 2 is 1.41 bits per heavy atom. The molecule has 2 heteroatoms. The highest BCUT2D eigenvalue weighted by atomic mass is 16.5. The van der Waals surface area contributed by atoms with Gasteiger partial charge in [0, 0.05) is 6.21 Å². The molecule has 0 atom stereocenters. The molecule has 0 N–H and O–H groups in total. The van der Waals surface area contributed by atoms with Crippen molar-refractivity contribution in [1.29, 1.82) is 0 Å². The van der Waals surface area contributed by atoms with Crippen LogP contribution in [-0.4, -0.2) is 12.8 Å². The average molecular weight is 366 g/mol. The molecule has 0 bridgehead atoms. The molecule has 27 heavy (non-hydrogen) atoms. The van der Waals surface area contributed by atoms with E-state index in [2.05, 4.69) is 55.2 Å². The summed E-state index contributed by atoms with van der Waals surface area (Å²) in [6.45, 7) is 5.27. The fourth-order valence-corrected chi connectivity index (χ4v) is 3.09. The molecule has 0 aliphatic heterocycles. The van der Waals surface area contributed by atoms with Crippen molar-refractivity contribution in [3.63, 3.8) is 0 Å². The minimum absolute atomic E-state index is 0.811. The molecule has 0 aliphatic carbocycles. The third kappa shape index (κ3) is 8.90.